The molecule has 0 unspecified atom stereocenters. The zero-order chi connectivity index (χ0) is 15.5. The third-order valence-corrected chi connectivity index (χ3v) is 2.70. The molecule has 0 radical (unpaired) electrons. The van der Waals surface area contributed by atoms with Gasteiger partial charge in [-0.05, 0) is 48.5 Å². The molecule has 0 aromatic heterocycles. The molecule has 21 heavy (non-hydrogen) atoms. The van der Waals surface area contributed by atoms with Crippen molar-refractivity contribution >= 4 is 5.97 Å². The second-order valence-electron chi connectivity index (χ2n) is 4.21. The number of aromatic carboxylic acids is 1. The highest BCUT2D eigenvalue weighted by atomic mass is 19.4. The zero-order valence-electron chi connectivity index (χ0n) is 10.6. The SMILES string of the molecule is O=C(O)c1ccc(C#Cc2ccc(C(F)(F)F)cc2)cc1. The summed E-state index contributed by atoms with van der Waals surface area (Å²) in [6, 6.07) is 10.4. The largest absolute Gasteiger partial charge is 0.478 e. The molecule has 5 heteroatoms. The molecule has 0 bridgehead atoms. The van der Waals surface area contributed by atoms with Crippen molar-refractivity contribution in [2.45, 2.75) is 6.18 Å². The maximum Gasteiger partial charge on any atom is 0.416 e. The van der Waals surface area contributed by atoms with E-state index >= 15 is 0 Å². The van der Waals surface area contributed by atoms with Crippen LogP contribution < -0.4 is 0 Å². The van der Waals surface area contributed by atoms with Gasteiger partial charge in [-0.25, -0.2) is 4.79 Å². The molecule has 0 spiro atoms. The summed E-state index contributed by atoms with van der Waals surface area (Å²) in [6.07, 6.45) is -4.36. The highest BCUT2D eigenvalue weighted by Crippen LogP contribution is 2.28. The van der Waals surface area contributed by atoms with E-state index in [0.29, 0.717) is 11.1 Å². The number of benzene rings is 2. The Kier molecular flexibility index (Phi) is 3.99. The minimum Gasteiger partial charge on any atom is -0.478 e. The molecule has 2 aromatic carbocycles. The Balaban J connectivity index is 2.17. The van der Waals surface area contributed by atoms with Crippen LogP contribution in [0.2, 0.25) is 0 Å². The van der Waals surface area contributed by atoms with Gasteiger partial charge in [-0.3, -0.25) is 0 Å². The zero-order valence-corrected chi connectivity index (χ0v) is 10.6. The van der Waals surface area contributed by atoms with Gasteiger partial charge in [0.1, 0.15) is 0 Å². The van der Waals surface area contributed by atoms with Gasteiger partial charge in [0.2, 0.25) is 0 Å². The van der Waals surface area contributed by atoms with Crippen LogP contribution in [0.4, 0.5) is 13.2 Å². The molecule has 0 aliphatic heterocycles. The highest BCUT2D eigenvalue weighted by molar-refractivity contribution is 5.87. The van der Waals surface area contributed by atoms with Gasteiger partial charge in [0.25, 0.3) is 0 Å². The minimum absolute atomic E-state index is 0.148. The summed E-state index contributed by atoms with van der Waals surface area (Å²) in [6.45, 7) is 0. The molecule has 0 fully saturated rings. The first kappa shape index (κ1) is 14.7. The van der Waals surface area contributed by atoms with Crippen molar-refractivity contribution in [2.75, 3.05) is 0 Å². The lowest BCUT2D eigenvalue weighted by Gasteiger charge is -2.05. The van der Waals surface area contributed by atoms with Gasteiger partial charge in [0, 0.05) is 11.1 Å². The molecular formula is C16H9F3O2. The number of rotatable bonds is 1. The Hall–Kier alpha value is -2.74. The van der Waals surface area contributed by atoms with Crippen LogP contribution in [-0.2, 0) is 6.18 Å². The van der Waals surface area contributed by atoms with Gasteiger partial charge in [0.05, 0.1) is 11.1 Å². The quantitative estimate of drug-likeness (QED) is 0.811. The summed E-state index contributed by atoms with van der Waals surface area (Å²) >= 11 is 0. The lowest BCUT2D eigenvalue weighted by Crippen LogP contribution is -2.04. The van der Waals surface area contributed by atoms with Crippen LogP contribution in [0.25, 0.3) is 0 Å². The average Bonchev–Trinajstić information content (AvgIpc) is 2.45. The average molecular weight is 290 g/mol. The summed E-state index contributed by atoms with van der Waals surface area (Å²) in [4.78, 5) is 10.7. The van der Waals surface area contributed by atoms with Gasteiger partial charge in [0.15, 0.2) is 0 Å². The monoisotopic (exact) mass is 290 g/mol. The van der Waals surface area contributed by atoms with E-state index in [2.05, 4.69) is 11.8 Å². The predicted octanol–water partition coefficient (Wildman–Crippen LogP) is 3.80. The first-order valence-electron chi connectivity index (χ1n) is 5.89. The highest BCUT2D eigenvalue weighted by Gasteiger charge is 2.29. The molecule has 2 rings (SSSR count). The standard InChI is InChI=1S/C16H9F3O2/c17-16(18,19)14-9-5-12(6-10-14)2-1-11-3-7-13(8-4-11)15(20)21/h3-10H,(H,20,21). The molecule has 0 heterocycles. The Bertz CT molecular complexity index is 702. The van der Waals surface area contributed by atoms with Crippen LogP contribution >= 0.6 is 0 Å². The molecule has 2 aromatic rings. The van der Waals surface area contributed by atoms with Crippen molar-refractivity contribution in [1.29, 1.82) is 0 Å². The number of hydrogen-bond donors (Lipinski definition) is 1. The number of carboxylic acid groups (broad SMARTS) is 1. The smallest absolute Gasteiger partial charge is 0.416 e. The Morgan fingerprint density at radius 2 is 1.29 bits per heavy atom. The normalized spacial score (nSPS) is 10.6. The number of carboxylic acids is 1. The molecule has 106 valence electrons. The molecule has 1 N–H and O–H groups in total. The fraction of sp³-hybridized carbons (Fsp3) is 0.0625. The van der Waals surface area contributed by atoms with Crippen LogP contribution in [0, 0.1) is 11.8 Å². The molecule has 0 atom stereocenters. The molecule has 0 aliphatic rings. The summed E-state index contributed by atoms with van der Waals surface area (Å²) in [5, 5.41) is 8.75. The van der Waals surface area contributed by atoms with E-state index in [0.717, 1.165) is 12.1 Å². The van der Waals surface area contributed by atoms with E-state index < -0.39 is 17.7 Å². The second kappa shape index (κ2) is 5.71. The van der Waals surface area contributed by atoms with E-state index in [1.165, 1.54) is 24.3 Å². The maximum absolute atomic E-state index is 12.4. The molecule has 0 aliphatic carbocycles. The topological polar surface area (TPSA) is 37.3 Å². The van der Waals surface area contributed by atoms with Crippen LogP contribution in [-0.4, -0.2) is 11.1 Å². The van der Waals surface area contributed by atoms with Crippen molar-refractivity contribution in [2.24, 2.45) is 0 Å². The van der Waals surface area contributed by atoms with Crippen LogP contribution in [0.3, 0.4) is 0 Å². The van der Waals surface area contributed by atoms with Crippen molar-refractivity contribution in [3.8, 4) is 11.8 Å². The predicted molar refractivity (Wildman–Crippen MR) is 70.8 cm³/mol. The van der Waals surface area contributed by atoms with E-state index in [9.17, 15) is 18.0 Å². The minimum atomic E-state index is -4.36. The van der Waals surface area contributed by atoms with E-state index in [-0.39, 0.29) is 5.56 Å². The molecule has 2 nitrogen and oxygen atoms in total. The lowest BCUT2D eigenvalue weighted by atomic mass is 10.1. The summed E-state index contributed by atoms with van der Waals surface area (Å²) < 4.78 is 37.2. The fourth-order valence-electron chi connectivity index (χ4n) is 1.58. The van der Waals surface area contributed by atoms with Crippen molar-refractivity contribution in [1.82, 2.24) is 0 Å². The number of hydrogen-bond acceptors (Lipinski definition) is 1. The number of halogens is 3. The van der Waals surface area contributed by atoms with Gasteiger partial charge in [-0.1, -0.05) is 11.8 Å². The van der Waals surface area contributed by atoms with Crippen molar-refractivity contribution in [3.63, 3.8) is 0 Å². The van der Waals surface area contributed by atoms with E-state index in [4.69, 9.17) is 5.11 Å². The molecular weight excluding hydrogens is 281 g/mol. The van der Waals surface area contributed by atoms with Crippen LogP contribution in [0.15, 0.2) is 48.5 Å². The van der Waals surface area contributed by atoms with E-state index in [1.54, 1.807) is 12.1 Å². The van der Waals surface area contributed by atoms with Crippen LogP contribution in [0.5, 0.6) is 0 Å². The number of carbonyl (C=O) groups is 1. The van der Waals surface area contributed by atoms with Gasteiger partial charge in [-0.2, -0.15) is 13.2 Å². The lowest BCUT2D eigenvalue weighted by molar-refractivity contribution is -0.137. The van der Waals surface area contributed by atoms with Crippen LogP contribution in [0.1, 0.15) is 27.0 Å². The van der Waals surface area contributed by atoms with Gasteiger partial charge < -0.3 is 5.11 Å². The second-order valence-corrected chi connectivity index (χ2v) is 4.21. The van der Waals surface area contributed by atoms with Crippen molar-refractivity contribution < 1.29 is 23.1 Å². The van der Waals surface area contributed by atoms with Gasteiger partial charge >= 0.3 is 12.1 Å². The maximum atomic E-state index is 12.4. The summed E-state index contributed by atoms with van der Waals surface area (Å²) in [5.74, 6) is 4.45. The first-order chi connectivity index (χ1) is 9.86. The first-order valence-corrected chi connectivity index (χ1v) is 5.89. The Morgan fingerprint density at radius 1 is 0.857 bits per heavy atom. The third-order valence-electron chi connectivity index (χ3n) is 2.70. The number of alkyl halides is 3. The molecule has 0 amide bonds. The Morgan fingerprint density at radius 3 is 1.67 bits per heavy atom. The van der Waals surface area contributed by atoms with E-state index in [1.807, 2.05) is 0 Å². The fourth-order valence-corrected chi connectivity index (χ4v) is 1.58. The summed E-state index contributed by atoms with van der Waals surface area (Å²) in [5.41, 5.74) is 0.458. The van der Waals surface area contributed by atoms with Gasteiger partial charge in [-0.15, -0.1) is 0 Å². The molecule has 0 saturated carbocycles. The summed E-state index contributed by atoms with van der Waals surface area (Å²) in [7, 11) is 0. The Labute approximate surface area is 118 Å². The third kappa shape index (κ3) is 3.86. The van der Waals surface area contributed by atoms with Crippen molar-refractivity contribution in [3.05, 3.63) is 70.8 Å². The molecule has 0 saturated heterocycles.